The molecule has 1 saturated heterocycles. The third-order valence-corrected chi connectivity index (χ3v) is 6.21. The Morgan fingerprint density at radius 2 is 2.00 bits per heavy atom. The highest BCUT2D eigenvalue weighted by atomic mass is 16.5. The number of aromatic nitrogens is 3. The molecule has 0 atom stereocenters. The van der Waals surface area contributed by atoms with Crippen molar-refractivity contribution in [2.75, 3.05) is 20.2 Å². The molecule has 0 unspecified atom stereocenters. The van der Waals surface area contributed by atoms with Gasteiger partial charge >= 0.3 is 0 Å². The van der Waals surface area contributed by atoms with Crippen molar-refractivity contribution < 1.29 is 4.74 Å². The van der Waals surface area contributed by atoms with Crippen molar-refractivity contribution in [1.29, 1.82) is 0 Å². The molecule has 3 aromatic heterocycles. The lowest BCUT2D eigenvalue weighted by Gasteiger charge is -2.23. The van der Waals surface area contributed by atoms with Gasteiger partial charge < -0.3 is 19.4 Å². The van der Waals surface area contributed by atoms with Crippen LogP contribution in [0.3, 0.4) is 0 Å². The second kappa shape index (κ2) is 7.23. The lowest BCUT2D eigenvalue weighted by Crippen LogP contribution is -2.26. The molecule has 0 aliphatic carbocycles. The van der Waals surface area contributed by atoms with Crippen molar-refractivity contribution in [3.8, 4) is 17.0 Å². The summed E-state index contributed by atoms with van der Waals surface area (Å²) in [5, 5.41) is 4.82. The number of H-pyrrole nitrogens is 1. The van der Waals surface area contributed by atoms with E-state index in [1.807, 2.05) is 16.8 Å². The molecule has 4 aromatic rings. The van der Waals surface area contributed by atoms with Gasteiger partial charge in [-0.2, -0.15) is 0 Å². The molecule has 0 radical (unpaired) electrons. The van der Waals surface area contributed by atoms with Crippen LogP contribution >= 0.6 is 0 Å². The highest BCUT2D eigenvalue weighted by molar-refractivity contribution is 5.92. The molecule has 5 nitrogen and oxygen atoms in total. The quantitative estimate of drug-likeness (QED) is 0.512. The first-order valence-electron chi connectivity index (χ1n) is 10.5. The third-order valence-electron chi connectivity index (χ3n) is 6.21. The number of pyridine rings is 1. The zero-order chi connectivity index (χ0) is 20.0. The smallest absolute Gasteiger partial charge is 0.179 e. The van der Waals surface area contributed by atoms with E-state index >= 15 is 0 Å². The fourth-order valence-electron chi connectivity index (χ4n) is 4.75. The van der Waals surface area contributed by atoms with E-state index < -0.39 is 0 Å². The van der Waals surface area contributed by atoms with Gasteiger partial charge in [-0.05, 0) is 67.1 Å². The van der Waals surface area contributed by atoms with Crippen LogP contribution in [0.4, 0.5) is 0 Å². The number of nitrogens with one attached hydrogen (secondary N) is 2. The number of hydrogen-bond donors (Lipinski definition) is 2. The van der Waals surface area contributed by atoms with Crippen LogP contribution in [0.1, 0.15) is 49.7 Å². The molecule has 1 aliphatic rings. The molecule has 0 spiro atoms. The summed E-state index contributed by atoms with van der Waals surface area (Å²) in [4.78, 5) is 8.11. The van der Waals surface area contributed by atoms with Crippen molar-refractivity contribution in [2.24, 2.45) is 0 Å². The lowest BCUT2D eigenvalue weighted by molar-refractivity contribution is 0.417. The highest BCUT2D eigenvalue weighted by Gasteiger charge is 2.21. The summed E-state index contributed by atoms with van der Waals surface area (Å²) in [5.74, 6) is 1.85. The summed E-state index contributed by atoms with van der Waals surface area (Å²) in [6, 6.07) is 9.08. The number of fused-ring (bicyclic) bond motifs is 2. The Morgan fingerprint density at radius 1 is 1.17 bits per heavy atom. The first-order valence-corrected chi connectivity index (χ1v) is 10.5. The summed E-state index contributed by atoms with van der Waals surface area (Å²) in [6.07, 6.45) is 8.34. The molecular weight excluding hydrogens is 360 g/mol. The Balaban J connectivity index is 1.68. The maximum Gasteiger partial charge on any atom is 0.179 e. The predicted octanol–water partition coefficient (Wildman–Crippen LogP) is 5.08. The molecule has 1 aliphatic heterocycles. The number of rotatable bonds is 4. The molecule has 4 heterocycles. The Bertz CT molecular complexity index is 1160. The Kier molecular flexibility index (Phi) is 4.55. The molecule has 1 aromatic carbocycles. The van der Waals surface area contributed by atoms with Gasteiger partial charge in [0.15, 0.2) is 11.4 Å². The molecule has 1 fully saturated rings. The molecule has 5 heteroatoms. The van der Waals surface area contributed by atoms with E-state index in [0.29, 0.717) is 11.8 Å². The molecule has 0 bridgehead atoms. The largest absolute Gasteiger partial charge is 0.493 e. The van der Waals surface area contributed by atoms with Crippen LogP contribution in [0.25, 0.3) is 27.8 Å². The van der Waals surface area contributed by atoms with Gasteiger partial charge in [0.05, 0.1) is 12.8 Å². The number of imidazole rings is 1. The van der Waals surface area contributed by atoms with E-state index in [9.17, 15) is 0 Å². The highest BCUT2D eigenvalue weighted by Crippen LogP contribution is 2.39. The summed E-state index contributed by atoms with van der Waals surface area (Å²) < 4.78 is 7.65. The number of ether oxygens (including phenoxy) is 1. The molecule has 2 N–H and O–H groups in total. The summed E-state index contributed by atoms with van der Waals surface area (Å²) in [6.45, 7) is 6.78. The maximum atomic E-state index is 5.62. The number of benzene rings is 1. The third kappa shape index (κ3) is 3.10. The summed E-state index contributed by atoms with van der Waals surface area (Å²) >= 11 is 0. The number of methoxy groups -OCH3 is 1. The topological polar surface area (TPSA) is 54.3 Å². The minimum atomic E-state index is 0.409. The van der Waals surface area contributed by atoms with Gasteiger partial charge in [-0.25, -0.2) is 4.98 Å². The second-order valence-corrected chi connectivity index (χ2v) is 8.35. The van der Waals surface area contributed by atoms with Gasteiger partial charge in [0.25, 0.3) is 0 Å². The number of nitrogens with zero attached hydrogens (tertiary/aromatic N) is 2. The van der Waals surface area contributed by atoms with Gasteiger partial charge in [-0.1, -0.05) is 19.9 Å². The first-order chi connectivity index (χ1) is 14.2. The van der Waals surface area contributed by atoms with Crippen molar-refractivity contribution in [2.45, 2.75) is 38.5 Å². The van der Waals surface area contributed by atoms with Crippen molar-refractivity contribution in [1.82, 2.24) is 19.7 Å². The van der Waals surface area contributed by atoms with Crippen LogP contribution in [0.5, 0.6) is 5.75 Å². The average Bonchev–Trinajstić information content (AvgIpc) is 3.37. The van der Waals surface area contributed by atoms with E-state index in [0.717, 1.165) is 30.0 Å². The number of piperidine rings is 1. The number of hydrogen-bond acceptors (Lipinski definition) is 3. The van der Waals surface area contributed by atoms with Crippen molar-refractivity contribution >= 4 is 16.6 Å². The van der Waals surface area contributed by atoms with Crippen LogP contribution in [0.15, 0.2) is 42.9 Å². The summed E-state index contributed by atoms with van der Waals surface area (Å²) in [7, 11) is 1.70. The molecule has 0 amide bonds. The van der Waals surface area contributed by atoms with Crippen LogP contribution in [-0.4, -0.2) is 34.6 Å². The van der Waals surface area contributed by atoms with E-state index in [-0.39, 0.29) is 0 Å². The van der Waals surface area contributed by atoms with Gasteiger partial charge in [0.2, 0.25) is 0 Å². The summed E-state index contributed by atoms with van der Waals surface area (Å²) in [5.41, 5.74) is 7.17. The predicted molar refractivity (Wildman–Crippen MR) is 118 cm³/mol. The van der Waals surface area contributed by atoms with E-state index in [1.54, 1.807) is 7.11 Å². The standard InChI is InChI=1S/C24H28N4O/c1-15(2)22-19-12-17(16-6-8-25-9-7-16)4-5-20(19)27-23(22)18-13-21(29-3)24-26-10-11-28(24)14-18/h4-5,10-16,25,27H,6-9H2,1-3H3. The van der Waals surface area contributed by atoms with Crippen LogP contribution < -0.4 is 10.1 Å². The fraction of sp³-hybridized carbons (Fsp3) is 0.375. The van der Waals surface area contributed by atoms with Crippen molar-refractivity contribution in [3.63, 3.8) is 0 Å². The normalized spacial score (nSPS) is 15.6. The van der Waals surface area contributed by atoms with Crippen LogP contribution in [0, 0.1) is 0 Å². The van der Waals surface area contributed by atoms with E-state index in [2.05, 4.69) is 59.6 Å². The fourth-order valence-corrected chi connectivity index (χ4v) is 4.75. The van der Waals surface area contributed by atoms with E-state index in [4.69, 9.17) is 4.74 Å². The van der Waals surface area contributed by atoms with Gasteiger partial charge in [0.1, 0.15) is 0 Å². The van der Waals surface area contributed by atoms with Gasteiger partial charge in [0, 0.05) is 35.1 Å². The van der Waals surface area contributed by atoms with Crippen LogP contribution in [0.2, 0.25) is 0 Å². The molecule has 5 rings (SSSR count). The molecule has 150 valence electrons. The molecule has 29 heavy (non-hydrogen) atoms. The van der Waals surface area contributed by atoms with Crippen LogP contribution in [-0.2, 0) is 0 Å². The first kappa shape index (κ1) is 18.3. The molecular formula is C24H28N4O. The number of aromatic amines is 1. The molecule has 0 saturated carbocycles. The van der Waals surface area contributed by atoms with Crippen molar-refractivity contribution in [3.05, 3.63) is 54.0 Å². The van der Waals surface area contributed by atoms with E-state index in [1.165, 1.54) is 40.6 Å². The Labute approximate surface area is 171 Å². The SMILES string of the molecule is COc1cc(-c2[nH]c3ccc(C4CCNCC4)cc3c2C(C)C)cn2ccnc12. The van der Waals surface area contributed by atoms with Gasteiger partial charge in [-0.3, -0.25) is 0 Å². The minimum Gasteiger partial charge on any atom is -0.493 e. The average molecular weight is 389 g/mol. The van der Waals surface area contributed by atoms with Gasteiger partial charge in [-0.15, -0.1) is 0 Å². The minimum absolute atomic E-state index is 0.409. The zero-order valence-corrected chi connectivity index (χ0v) is 17.3. The second-order valence-electron chi connectivity index (χ2n) is 8.35. The Morgan fingerprint density at radius 3 is 2.76 bits per heavy atom. The Hall–Kier alpha value is -2.79. The lowest BCUT2D eigenvalue weighted by atomic mass is 9.88. The monoisotopic (exact) mass is 388 g/mol. The zero-order valence-electron chi connectivity index (χ0n) is 17.3. The maximum absolute atomic E-state index is 5.62.